The second-order valence-electron chi connectivity index (χ2n) is 2.66. The van der Waals surface area contributed by atoms with Crippen molar-refractivity contribution in [2.45, 2.75) is 0 Å². The van der Waals surface area contributed by atoms with Crippen LogP contribution in [-0.2, 0) is 0 Å². The van der Waals surface area contributed by atoms with Gasteiger partial charge in [0.25, 0.3) is 0 Å². The van der Waals surface area contributed by atoms with Crippen LogP contribution in [0.3, 0.4) is 0 Å². The quantitative estimate of drug-likeness (QED) is 0.647. The number of hydrogen-bond donors (Lipinski definition) is 1. The molecule has 0 atom stereocenters. The number of nitrogens with one attached hydrogen (secondary N) is 1. The molecule has 0 heterocycles. The Hall–Kier alpha value is -0.910. The second kappa shape index (κ2) is 3.87. The van der Waals surface area contributed by atoms with Crippen molar-refractivity contribution in [3.05, 3.63) is 42.5 Å². The third-order valence-electron chi connectivity index (χ3n) is 1.89. The molecule has 64 valence electrons. The molecule has 2 aromatic rings. The zero-order chi connectivity index (χ0) is 9.10. The first-order valence-electron chi connectivity index (χ1n) is 3.93. The summed E-state index contributed by atoms with van der Waals surface area (Å²) in [7, 11) is 0. The van der Waals surface area contributed by atoms with Crippen molar-refractivity contribution in [3.8, 4) is 0 Å². The minimum atomic E-state index is -0.654. The molecule has 0 aromatic heterocycles. The van der Waals surface area contributed by atoms with Crippen LogP contribution < -0.4 is 3.61 Å². The molecule has 2 rings (SSSR count). The van der Waals surface area contributed by atoms with Crippen molar-refractivity contribution >= 4 is 35.6 Å². The molecule has 0 spiro atoms. The Labute approximate surface area is 86.9 Å². The summed E-state index contributed by atoms with van der Waals surface area (Å²) in [6.45, 7) is 0. The topological polar surface area (TPSA) is 36.2 Å². The summed E-state index contributed by atoms with van der Waals surface area (Å²) in [5, 5.41) is 2.50. The second-order valence-corrected chi connectivity index (χ2v) is 4.96. The molecule has 0 fully saturated rings. The van der Waals surface area contributed by atoms with Crippen molar-refractivity contribution < 1.29 is 0 Å². The van der Waals surface area contributed by atoms with Gasteiger partial charge in [-0.3, -0.25) is 0 Å². The third kappa shape index (κ3) is 1.72. The maximum atomic E-state index is 6.90. The summed E-state index contributed by atoms with van der Waals surface area (Å²) < 4.78 is 4.78. The van der Waals surface area contributed by atoms with E-state index in [0.29, 0.717) is 0 Å². The molecule has 0 unspecified atom stereocenters. The summed E-state index contributed by atoms with van der Waals surface area (Å²) in [4.78, 5) is 0. The first-order chi connectivity index (χ1) is 6.42. The van der Waals surface area contributed by atoms with E-state index >= 15 is 0 Å². The molecule has 0 saturated heterocycles. The van der Waals surface area contributed by atoms with Gasteiger partial charge >= 0.3 is 86.9 Å². The Morgan fingerprint density at radius 3 is 2.62 bits per heavy atom. The average molecular weight is 284 g/mol. The normalized spacial score (nSPS) is 10.2. The van der Waals surface area contributed by atoms with Gasteiger partial charge < -0.3 is 0 Å². The zero-order valence-electron chi connectivity index (χ0n) is 6.90. The van der Waals surface area contributed by atoms with Crippen LogP contribution >= 0.6 is 0 Å². The van der Waals surface area contributed by atoms with E-state index in [0.717, 1.165) is 0 Å². The molecule has 1 N–H and O–H groups in total. The van der Waals surface area contributed by atoms with E-state index in [9.17, 15) is 0 Å². The predicted molar refractivity (Wildman–Crippen MR) is 54.5 cm³/mol. The molecule has 3 heteroatoms. The molecule has 0 aliphatic rings. The van der Waals surface area contributed by atoms with Crippen LogP contribution in [0.5, 0.6) is 0 Å². The van der Waals surface area contributed by atoms with Gasteiger partial charge in [-0.15, -0.1) is 0 Å². The molecule has 0 aliphatic heterocycles. The monoisotopic (exact) mass is 286 g/mol. The van der Waals surface area contributed by atoms with E-state index < -0.39 is 21.2 Å². The van der Waals surface area contributed by atoms with Crippen molar-refractivity contribution in [2.75, 3.05) is 0 Å². The molecule has 2 nitrogen and oxygen atoms in total. The summed E-state index contributed by atoms with van der Waals surface area (Å²) in [6.07, 6.45) is 0. The van der Waals surface area contributed by atoms with Crippen molar-refractivity contribution in [2.24, 2.45) is 3.36 Å². The summed E-state index contributed by atoms with van der Waals surface area (Å²) in [5.74, 6) is 0. The van der Waals surface area contributed by atoms with Crippen LogP contribution in [0.2, 0.25) is 0 Å². The van der Waals surface area contributed by atoms with Crippen molar-refractivity contribution in [1.29, 1.82) is 5.53 Å². The zero-order valence-corrected chi connectivity index (χ0v) is 9.23. The van der Waals surface area contributed by atoms with Crippen LogP contribution in [0.4, 0.5) is 0 Å². The Balaban J connectivity index is 2.68. The third-order valence-corrected chi connectivity index (χ3v) is 3.73. The molecule has 0 bridgehead atoms. The Bertz CT molecular complexity index is 434. The van der Waals surface area contributed by atoms with Gasteiger partial charge in [0.15, 0.2) is 0 Å². The SMILES string of the molecule is N=N[Te]c1cccc2ccccc12. The standard InChI is InChI=1S/C10H8N2Te/c11-12-13-10-7-3-5-8-4-1-2-6-9(8)10/h1-7,11H. The molecule has 2 aromatic carbocycles. The van der Waals surface area contributed by atoms with E-state index in [1.165, 1.54) is 14.4 Å². The van der Waals surface area contributed by atoms with Crippen molar-refractivity contribution in [1.82, 2.24) is 0 Å². The van der Waals surface area contributed by atoms with E-state index in [2.05, 4.69) is 27.6 Å². The number of benzene rings is 2. The molecule has 0 saturated carbocycles. The summed E-state index contributed by atoms with van der Waals surface area (Å²) in [5.41, 5.74) is 6.90. The Morgan fingerprint density at radius 2 is 1.77 bits per heavy atom. The van der Waals surface area contributed by atoms with Gasteiger partial charge in [-0.2, -0.15) is 0 Å². The predicted octanol–water partition coefficient (Wildman–Crippen LogP) is 2.12. The van der Waals surface area contributed by atoms with Crippen LogP contribution in [-0.4, -0.2) is 21.2 Å². The number of nitrogens with zero attached hydrogens (tertiary/aromatic N) is 1. The fourth-order valence-corrected chi connectivity index (χ4v) is 2.81. The van der Waals surface area contributed by atoms with Crippen LogP contribution in [0.25, 0.3) is 10.8 Å². The molecular weight excluding hydrogens is 276 g/mol. The van der Waals surface area contributed by atoms with Gasteiger partial charge in [-0.1, -0.05) is 0 Å². The fourth-order valence-electron chi connectivity index (χ4n) is 1.32. The van der Waals surface area contributed by atoms with E-state index in [1.54, 1.807) is 0 Å². The van der Waals surface area contributed by atoms with Crippen LogP contribution in [0, 0.1) is 5.53 Å². The molecule has 0 aliphatic carbocycles. The average Bonchev–Trinajstić information content (AvgIpc) is 2.19. The summed E-state index contributed by atoms with van der Waals surface area (Å²) >= 11 is -0.654. The molecule has 13 heavy (non-hydrogen) atoms. The Kier molecular flexibility index (Phi) is 2.58. The van der Waals surface area contributed by atoms with Gasteiger partial charge in [0.05, 0.1) is 0 Å². The molecular formula is C10H8N2Te. The maximum absolute atomic E-state index is 6.90. The van der Waals surface area contributed by atoms with E-state index in [4.69, 9.17) is 5.53 Å². The van der Waals surface area contributed by atoms with Gasteiger partial charge in [0.2, 0.25) is 0 Å². The molecule has 0 amide bonds. The van der Waals surface area contributed by atoms with Crippen LogP contribution in [0.1, 0.15) is 0 Å². The number of fused-ring (bicyclic) bond motifs is 1. The number of hydrogen-bond acceptors (Lipinski definition) is 2. The van der Waals surface area contributed by atoms with E-state index in [1.807, 2.05) is 18.2 Å². The van der Waals surface area contributed by atoms with E-state index in [-0.39, 0.29) is 0 Å². The number of rotatable bonds is 2. The van der Waals surface area contributed by atoms with Gasteiger partial charge in [0, 0.05) is 0 Å². The van der Waals surface area contributed by atoms with Gasteiger partial charge in [-0.05, 0) is 0 Å². The molecule has 0 radical (unpaired) electrons. The summed E-state index contributed by atoms with van der Waals surface area (Å²) in [6, 6.07) is 14.5. The first kappa shape index (κ1) is 8.68. The van der Waals surface area contributed by atoms with Gasteiger partial charge in [0.1, 0.15) is 0 Å². The Morgan fingerprint density at radius 1 is 1.00 bits per heavy atom. The fraction of sp³-hybridized carbons (Fsp3) is 0. The van der Waals surface area contributed by atoms with Crippen LogP contribution in [0.15, 0.2) is 45.8 Å². The van der Waals surface area contributed by atoms with Gasteiger partial charge in [-0.25, -0.2) is 0 Å². The minimum absolute atomic E-state index is 0.654. The van der Waals surface area contributed by atoms with Crippen molar-refractivity contribution in [3.63, 3.8) is 0 Å². The first-order valence-corrected chi connectivity index (χ1v) is 6.14.